The molecule has 3 rings (SSSR count). The summed E-state index contributed by atoms with van der Waals surface area (Å²) >= 11 is 0. The number of aliphatic hydroxyl groups is 1. The molecule has 0 saturated carbocycles. The number of unbranched alkanes of at least 4 members (excludes halogenated alkanes) is 1. The quantitative estimate of drug-likeness (QED) is 0.598. The Morgan fingerprint density at radius 1 is 1.15 bits per heavy atom. The lowest BCUT2D eigenvalue weighted by Gasteiger charge is -2.07. The van der Waals surface area contributed by atoms with Gasteiger partial charge in [-0.25, -0.2) is 9.67 Å². The topological polar surface area (TPSA) is 89.3 Å². The third-order valence-electron chi connectivity index (χ3n) is 4.01. The molecule has 7 nitrogen and oxygen atoms in total. The SMILES string of the molecule is COc1cccc(-c2nc(C(=O)NCCCCO)nn2-c2ccccc2)c1. The zero-order valence-corrected chi connectivity index (χ0v) is 15.1. The van der Waals surface area contributed by atoms with E-state index in [1.807, 2.05) is 54.6 Å². The number of para-hydroxylation sites is 1. The smallest absolute Gasteiger partial charge is 0.290 e. The Morgan fingerprint density at radius 3 is 2.70 bits per heavy atom. The van der Waals surface area contributed by atoms with Gasteiger partial charge in [-0.3, -0.25) is 4.79 Å². The predicted octanol–water partition coefficient (Wildman–Crippen LogP) is 2.45. The maximum absolute atomic E-state index is 12.4. The normalized spacial score (nSPS) is 10.6. The monoisotopic (exact) mass is 366 g/mol. The summed E-state index contributed by atoms with van der Waals surface area (Å²) in [6.45, 7) is 0.574. The molecule has 27 heavy (non-hydrogen) atoms. The van der Waals surface area contributed by atoms with Gasteiger partial charge in [-0.15, -0.1) is 5.10 Å². The zero-order chi connectivity index (χ0) is 19.1. The van der Waals surface area contributed by atoms with Gasteiger partial charge in [-0.2, -0.15) is 0 Å². The van der Waals surface area contributed by atoms with Crippen molar-refractivity contribution in [3.63, 3.8) is 0 Å². The van der Waals surface area contributed by atoms with Crippen LogP contribution in [-0.2, 0) is 0 Å². The van der Waals surface area contributed by atoms with Crippen LogP contribution in [0, 0.1) is 0 Å². The van der Waals surface area contributed by atoms with Crippen LogP contribution in [0.4, 0.5) is 0 Å². The number of nitrogens with zero attached hydrogens (tertiary/aromatic N) is 3. The molecule has 2 aromatic carbocycles. The number of nitrogens with one attached hydrogen (secondary N) is 1. The molecular weight excluding hydrogens is 344 g/mol. The number of hydrogen-bond acceptors (Lipinski definition) is 5. The fourth-order valence-electron chi connectivity index (χ4n) is 2.62. The average Bonchev–Trinajstić information content (AvgIpc) is 3.17. The highest BCUT2D eigenvalue weighted by Gasteiger charge is 2.18. The van der Waals surface area contributed by atoms with Gasteiger partial charge in [0.05, 0.1) is 12.8 Å². The van der Waals surface area contributed by atoms with Crippen LogP contribution in [0.15, 0.2) is 54.6 Å². The van der Waals surface area contributed by atoms with Crippen molar-refractivity contribution in [2.24, 2.45) is 0 Å². The van der Waals surface area contributed by atoms with Gasteiger partial charge < -0.3 is 15.2 Å². The number of rotatable bonds is 8. The van der Waals surface area contributed by atoms with Crippen LogP contribution in [-0.4, -0.2) is 46.0 Å². The lowest BCUT2D eigenvalue weighted by molar-refractivity contribution is 0.0942. The van der Waals surface area contributed by atoms with Gasteiger partial charge in [0.1, 0.15) is 5.75 Å². The van der Waals surface area contributed by atoms with Crippen LogP contribution in [0.2, 0.25) is 0 Å². The highest BCUT2D eigenvalue weighted by Crippen LogP contribution is 2.24. The van der Waals surface area contributed by atoms with E-state index in [2.05, 4.69) is 15.4 Å². The molecule has 1 heterocycles. The molecule has 0 fully saturated rings. The Morgan fingerprint density at radius 2 is 1.96 bits per heavy atom. The van der Waals surface area contributed by atoms with Crippen molar-refractivity contribution >= 4 is 5.91 Å². The number of hydrogen-bond donors (Lipinski definition) is 2. The molecule has 3 aromatic rings. The summed E-state index contributed by atoms with van der Waals surface area (Å²) < 4.78 is 6.95. The summed E-state index contributed by atoms with van der Waals surface area (Å²) in [4.78, 5) is 16.9. The average molecular weight is 366 g/mol. The van der Waals surface area contributed by atoms with Crippen LogP contribution < -0.4 is 10.1 Å². The van der Waals surface area contributed by atoms with Gasteiger partial charge in [-0.05, 0) is 37.1 Å². The molecule has 0 bridgehead atoms. The van der Waals surface area contributed by atoms with Gasteiger partial charge in [0.25, 0.3) is 5.91 Å². The number of carbonyl (C=O) groups excluding carboxylic acids is 1. The highest BCUT2D eigenvalue weighted by atomic mass is 16.5. The van der Waals surface area contributed by atoms with E-state index in [0.29, 0.717) is 31.0 Å². The minimum Gasteiger partial charge on any atom is -0.497 e. The van der Waals surface area contributed by atoms with E-state index in [1.54, 1.807) is 11.8 Å². The van der Waals surface area contributed by atoms with Gasteiger partial charge >= 0.3 is 0 Å². The Hall–Kier alpha value is -3.19. The van der Waals surface area contributed by atoms with E-state index in [4.69, 9.17) is 9.84 Å². The maximum atomic E-state index is 12.4. The molecule has 0 aliphatic heterocycles. The number of ether oxygens (including phenoxy) is 1. The van der Waals surface area contributed by atoms with Gasteiger partial charge in [0.15, 0.2) is 5.82 Å². The second-order valence-corrected chi connectivity index (χ2v) is 5.92. The molecule has 0 unspecified atom stereocenters. The summed E-state index contributed by atoms with van der Waals surface area (Å²) in [5.41, 5.74) is 1.60. The fourth-order valence-corrected chi connectivity index (χ4v) is 2.62. The van der Waals surface area contributed by atoms with Crippen molar-refractivity contribution in [1.82, 2.24) is 20.1 Å². The van der Waals surface area contributed by atoms with E-state index < -0.39 is 0 Å². The molecule has 0 spiro atoms. The van der Waals surface area contributed by atoms with E-state index in [0.717, 1.165) is 11.3 Å². The first-order valence-corrected chi connectivity index (χ1v) is 8.79. The standard InChI is InChI=1S/C20H22N4O3/c1-27-17-11-7-8-15(14-17)19-22-18(20(26)21-12-5-6-13-25)23-24(19)16-9-3-2-4-10-16/h2-4,7-11,14,25H,5-6,12-13H2,1H3,(H,21,26). The number of carbonyl (C=O) groups is 1. The minimum atomic E-state index is -0.341. The van der Waals surface area contributed by atoms with Crippen LogP contribution in [0.25, 0.3) is 17.1 Å². The first-order chi connectivity index (χ1) is 13.2. The molecule has 0 radical (unpaired) electrons. The Bertz CT molecular complexity index is 893. The van der Waals surface area contributed by atoms with E-state index >= 15 is 0 Å². The van der Waals surface area contributed by atoms with Crippen molar-refractivity contribution in [1.29, 1.82) is 0 Å². The third-order valence-corrected chi connectivity index (χ3v) is 4.01. The van der Waals surface area contributed by atoms with Crippen molar-refractivity contribution in [3.8, 4) is 22.8 Å². The largest absolute Gasteiger partial charge is 0.497 e. The number of amides is 1. The van der Waals surface area contributed by atoms with Crippen molar-refractivity contribution in [2.75, 3.05) is 20.3 Å². The lowest BCUT2D eigenvalue weighted by atomic mass is 10.2. The van der Waals surface area contributed by atoms with E-state index in [1.165, 1.54) is 0 Å². The van der Waals surface area contributed by atoms with Crippen LogP contribution in [0.3, 0.4) is 0 Å². The molecule has 2 N–H and O–H groups in total. The zero-order valence-electron chi connectivity index (χ0n) is 15.1. The molecular formula is C20H22N4O3. The van der Waals surface area contributed by atoms with E-state index in [9.17, 15) is 4.79 Å². The summed E-state index contributed by atoms with van der Waals surface area (Å²) in [5.74, 6) is 1.01. The Labute approximate surface area is 157 Å². The molecule has 0 atom stereocenters. The molecule has 1 aromatic heterocycles. The number of aliphatic hydroxyl groups excluding tert-OH is 1. The predicted molar refractivity (Wildman–Crippen MR) is 102 cm³/mol. The second kappa shape index (κ2) is 8.95. The van der Waals surface area contributed by atoms with Crippen molar-refractivity contribution in [2.45, 2.75) is 12.8 Å². The van der Waals surface area contributed by atoms with Crippen molar-refractivity contribution in [3.05, 3.63) is 60.4 Å². The summed E-state index contributed by atoms with van der Waals surface area (Å²) in [7, 11) is 1.60. The number of aromatic nitrogens is 3. The fraction of sp³-hybridized carbons (Fsp3) is 0.250. The third kappa shape index (κ3) is 4.51. The molecule has 140 valence electrons. The van der Waals surface area contributed by atoms with Crippen LogP contribution in [0.5, 0.6) is 5.75 Å². The van der Waals surface area contributed by atoms with Crippen LogP contribution >= 0.6 is 0 Å². The maximum Gasteiger partial charge on any atom is 0.290 e. The summed E-state index contributed by atoms with van der Waals surface area (Å²) in [6, 6.07) is 17.0. The lowest BCUT2D eigenvalue weighted by Crippen LogP contribution is -2.25. The van der Waals surface area contributed by atoms with Gasteiger partial charge in [0, 0.05) is 18.7 Å². The molecule has 7 heteroatoms. The first kappa shape index (κ1) is 18.6. The second-order valence-electron chi connectivity index (χ2n) is 5.92. The first-order valence-electron chi connectivity index (χ1n) is 8.79. The summed E-state index contributed by atoms with van der Waals surface area (Å²) in [6.07, 6.45) is 1.34. The Kier molecular flexibility index (Phi) is 6.17. The highest BCUT2D eigenvalue weighted by molar-refractivity contribution is 5.91. The van der Waals surface area contributed by atoms with Gasteiger partial charge in [-0.1, -0.05) is 30.3 Å². The molecule has 0 aliphatic carbocycles. The van der Waals surface area contributed by atoms with Crippen LogP contribution in [0.1, 0.15) is 23.5 Å². The summed E-state index contributed by atoms with van der Waals surface area (Å²) in [5, 5.41) is 16.0. The number of benzene rings is 2. The molecule has 0 aliphatic rings. The van der Waals surface area contributed by atoms with Crippen molar-refractivity contribution < 1.29 is 14.6 Å². The van der Waals surface area contributed by atoms with Gasteiger partial charge in [0.2, 0.25) is 5.82 Å². The molecule has 1 amide bonds. The molecule has 0 saturated heterocycles. The Balaban J connectivity index is 1.95. The minimum absolute atomic E-state index is 0.0978. The van der Waals surface area contributed by atoms with E-state index in [-0.39, 0.29) is 18.3 Å². The number of methoxy groups -OCH3 is 1.